The van der Waals surface area contributed by atoms with Crippen LogP contribution >= 0.6 is 12.2 Å². The minimum Gasteiger partial charge on any atom is -0.343 e. The van der Waals surface area contributed by atoms with Gasteiger partial charge in [0, 0.05) is 5.56 Å². The van der Waals surface area contributed by atoms with E-state index in [9.17, 15) is 0 Å². The molecule has 100 valence electrons. The summed E-state index contributed by atoms with van der Waals surface area (Å²) in [6.45, 7) is 0. The zero-order chi connectivity index (χ0) is 14.2. The van der Waals surface area contributed by atoms with Crippen molar-refractivity contribution in [2.24, 2.45) is 0 Å². The molecule has 1 aromatic heterocycles. The normalized spacial score (nSPS) is 11.0. The van der Waals surface area contributed by atoms with E-state index in [1.807, 2.05) is 42.5 Å². The molecule has 0 aliphatic rings. The van der Waals surface area contributed by atoms with Gasteiger partial charge in [-0.25, -0.2) is 4.98 Å². The Bertz CT molecular complexity index is 1000. The molecule has 0 saturated heterocycles. The van der Waals surface area contributed by atoms with Crippen molar-refractivity contribution in [1.82, 2.24) is 9.97 Å². The van der Waals surface area contributed by atoms with Crippen molar-refractivity contribution < 1.29 is 0 Å². The number of H-pyrrole nitrogens is 1. The maximum atomic E-state index is 5.47. The van der Waals surface area contributed by atoms with E-state index in [2.05, 4.69) is 29.2 Å². The van der Waals surface area contributed by atoms with Crippen molar-refractivity contribution in [1.29, 1.82) is 0 Å². The Morgan fingerprint density at radius 3 is 2.24 bits per heavy atom. The lowest BCUT2D eigenvalue weighted by molar-refractivity contribution is 1.27. The molecule has 21 heavy (non-hydrogen) atoms. The predicted octanol–water partition coefficient (Wildman–Crippen LogP) is 5.11. The Morgan fingerprint density at radius 1 is 0.810 bits per heavy atom. The first kappa shape index (κ1) is 12.2. The number of hydrogen-bond acceptors (Lipinski definition) is 2. The molecule has 4 rings (SSSR count). The van der Waals surface area contributed by atoms with Crippen LogP contribution in [0.1, 0.15) is 0 Å². The monoisotopic (exact) mass is 288 g/mol. The Balaban J connectivity index is 2.05. The van der Waals surface area contributed by atoms with Crippen molar-refractivity contribution in [3.8, 4) is 11.3 Å². The minimum absolute atomic E-state index is 0.670. The van der Waals surface area contributed by atoms with E-state index in [4.69, 9.17) is 17.2 Å². The number of nitrogens with zero attached hydrogens (tertiary/aromatic N) is 1. The zero-order valence-electron chi connectivity index (χ0n) is 11.2. The molecule has 0 amide bonds. The van der Waals surface area contributed by atoms with Crippen molar-refractivity contribution >= 4 is 34.0 Å². The Kier molecular flexibility index (Phi) is 2.79. The second-order valence-corrected chi connectivity index (χ2v) is 5.41. The summed E-state index contributed by atoms with van der Waals surface area (Å²) >= 11 is 5.47. The number of aromatic nitrogens is 2. The first-order chi connectivity index (χ1) is 10.3. The molecule has 0 aliphatic heterocycles. The summed E-state index contributed by atoms with van der Waals surface area (Å²) in [6, 6.07) is 22.5. The van der Waals surface area contributed by atoms with Gasteiger partial charge in [0.05, 0.1) is 11.0 Å². The van der Waals surface area contributed by atoms with Gasteiger partial charge in [-0.1, -0.05) is 66.8 Å². The molecule has 0 aliphatic carbocycles. The summed E-state index contributed by atoms with van der Waals surface area (Å²) in [6.07, 6.45) is 0. The van der Waals surface area contributed by atoms with Crippen LogP contribution in [0.25, 0.3) is 33.1 Å². The van der Waals surface area contributed by atoms with Gasteiger partial charge >= 0.3 is 0 Å². The maximum Gasteiger partial charge on any atom is 0.130 e. The lowest BCUT2D eigenvalue weighted by Crippen LogP contribution is -1.91. The number of hydrogen-bond donors (Lipinski definition) is 1. The standard InChI is InChI=1S/C18H12N2S/c21-18-17(12-6-2-1-3-7-12)19-15-10-13-8-4-5-9-14(13)11-16(15)20-18/h1-11H,(H,20,21). The Labute approximate surface area is 127 Å². The SMILES string of the molecule is S=c1[nH]c2cc3ccccc3cc2nc1-c1ccccc1. The topological polar surface area (TPSA) is 28.7 Å². The molecular weight excluding hydrogens is 276 g/mol. The summed E-state index contributed by atoms with van der Waals surface area (Å²) in [4.78, 5) is 8.06. The molecule has 0 bridgehead atoms. The lowest BCUT2D eigenvalue weighted by Gasteiger charge is -2.06. The van der Waals surface area contributed by atoms with Gasteiger partial charge in [-0.05, 0) is 22.9 Å². The van der Waals surface area contributed by atoms with Crippen molar-refractivity contribution in [2.45, 2.75) is 0 Å². The molecule has 0 radical (unpaired) electrons. The second kappa shape index (κ2) is 4.79. The van der Waals surface area contributed by atoms with Crippen LogP contribution in [-0.4, -0.2) is 9.97 Å². The van der Waals surface area contributed by atoms with Gasteiger partial charge in [0.15, 0.2) is 0 Å². The quantitative estimate of drug-likeness (QED) is 0.389. The van der Waals surface area contributed by atoms with E-state index in [0.29, 0.717) is 4.64 Å². The number of fused-ring (bicyclic) bond motifs is 2. The van der Waals surface area contributed by atoms with E-state index in [1.54, 1.807) is 0 Å². The third-order valence-electron chi connectivity index (χ3n) is 3.61. The largest absolute Gasteiger partial charge is 0.343 e. The predicted molar refractivity (Wildman–Crippen MR) is 89.9 cm³/mol. The van der Waals surface area contributed by atoms with E-state index in [1.165, 1.54) is 10.8 Å². The van der Waals surface area contributed by atoms with Gasteiger partial charge in [-0.15, -0.1) is 0 Å². The summed E-state index contributed by atoms with van der Waals surface area (Å²) in [5.41, 5.74) is 3.77. The summed E-state index contributed by atoms with van der Waals surface area (Å²) in [5.74, 6) is 0. The molecule has 0 fully saturated rings. The van der Waals surface area contributed by atoms with Crippen LogP contribution in [-0.2, 0) is 0 Å². The van der Waals surface area contributed by atoms with Gasteiger partial charge in [0.1, 0.15) is 10.3 Å². The Morgan fingerprint density at radius 2 is 1.48 bits per heavy atom. The summed E-state index contributed by atoms with van der Waals surface area (Å²) in [5, 5.41) is 2.37. The molecule has 0 spiro atoms. The smallest absolute Gasteiger partial charge is 0.130 e. The van der Waals surface area contributed by atoms with Gasteiger partial charge in [-0.2, -0.15) is 0 Å². The van der Waals surface area contributed by atoms with Crippen LogP contribution in [0.4, 0.5) is 0 Å². The van der Waals surface area contributed by atoms with Gasteiger partial charge in [-0.3, -0.25) is 0 Å². The fourth-order valence-electron chi connectivity index (χ4n) is 2.57. The lowest BCUT2D eigenvalue weighted by atomic mass is 10.1. The van der Waals surface area contributed by atoms with Crippen LogP contribution in [0, 0.1) is 4.64 Å². The molecule has 2 nitrogen and oxygen atoms in total. The zero-order valence-corrected chi connectivity index (χ0v) is 12.0. The second-order valence-electron chi connectivity index (χ2n) is 5.00. The highest BCUT2D eigenvalue weighted by molar-refractivity contribution is 7.71. The molecule has 3 aromatic carbocycles. The highest BCUT2D eigenvalue weighted by atomic mass is 32.1. The van der Waals surface area contributed by atoms with Crippen LogP contribution in [0.5, 0.6) is 0 Å². The van der Waals surface area contributed by atoms with Crippen LogP contribution < -0.4 is 0 Å². The molecule has 0 saturated carbocycles. The van der Waals surface area contributed by atoms with Crippen molar-refractivity contribution in [3.63, 3.8) is 0 Å². The summed E-state index contributed by atoms with van der Waals surface area (Å²) < 4.78 is 0.670. The highest BCUT2D eigenvalue weighted by Gasteiger charge is 2.05. The molecule has 1 N–H and O–H groups in total. The van der Waals surface area contributed by atoms with Gasteiger partial charge < -0.3 is 4.98 Å². The van der Waals surface area contributed by atoms with Crippen molar-refractivity contribution in [3.05, 3.63) is 71.4 Å². The number of rotatable bonds is 1. The van der Waals surface area contributed by atoms with E-state index in [-0.39, 0.29) is 0 Å². The molecule has 1 heterocycles. The van der Waals surface area contributed by atoms with E-state index in [0.717, 1.165) is 22.3 Å². The fraction of sp³-hybridized carbons (Fsp3) is 0. The molecule has 0 unspecified atom stereocenters. The maximum absolute atomic E-state index is 5.47. The van der Waals surface area contributed by atoms with E-state index < -0.39 is 0 Å². The van der Waals surface area contributed by atoms with Crippen LogP contribution in [0.2, 0.25) is 0 Å². The van der Waals surface area contributed by atoms with Gasteiger partial charge in [0.2, 0.25) is 0 Å². The number of benzene rings is 3. The van der Waals surface area contributed by atoms with E-state index >= 15 is 0 Å². The number of nitrogens with one attached hydrogen (secondary N) is 1. The molecule has 3 heteroatoms. The van der Waals surface area contributed by atoms with Crippen molar-refractivity contribution in [2.75, 3.05) is 0 Å². The molecular formula is C18H12N2S. The minimum atomic E-state index is 0.670. The fourth-order valence-corrected chi connectivity index (χ4v) is 2.84. The first-order valence-electron chi connectivity index (χ1n) is 6.79. The van der Waals surface area contributed by atoms with Crippen LogP contribution in [0.3, 0.4) is 0 Å². The third-order valence-corrected chi connectivity index (χ3v) is 3.90. The third kappa shape index (κ3) is 2.12. The first-order valence-corrected chi connectivity index (χ1v) is 7.20. The average Bonchev–Trinajstić information content (AvgIpc) is 2.53. The summed E-state index contributed by atoms with van der Waals surface area (Å²) in [7, 11) is 0. The molecule has 4 aromatic rings. The van der Waals surface area contributed by atoms with Crippen LogP contribution in [0.15, 0.2) is 66.7 Å². The number of aromatic amines is 1. The average molecular weight is 288 g/mol. The van der Waals surface area contributed by atoms with Gasteiger partial charge in [0.25, 0.3) is 0 Å². The Hall–Kier alpha value is -2.52. The molecule has 0 atom stereocenters. The highest BCUT2D eigenvalue weighted by Crippen LogP contribution is 2.24.